The number of anilines is 2. The molecular formula is C27H28N4O2S. The van der Waals surface area contributed by atoms with E-state index in [1.54, 1.807) is 10.9 Å². The summed E-state index contributed by atoms with van der Waals surface area (Å²) in [4.78, 5) is 34.2. The van der Waals surface area contributed by atoms with Crippen LogP contribution in [0.3, 0.4) is 0 Å². The molecule has 2 aromatic carbocycles. The summed E-state index contributed by atoms with van der Waals surface area (Å²) in [6.07, 6.45) is 3.99. The number of nitrogens with zero attached hydrogens (tertiary/aromatic N) is 3. The summed E-state index contributed by atoms with van der Waals surface area (Å²) >= 11 is 1.26. The number of carbonyl (C=O) groups excluding carboxylic acids is 1. The van der Waals surface area contributed by atoms with E-state index in [0.29, 0.717) is 27.2 Å². The number of nitrogens with one attached hydrogen (secondary N) is 1. The van der Waals surface area contributed by atoms with Gasteiger partial charge in [0.2, 0.25) is 0 Å². The van der Waals surface area contributed by atoms with E-state index in [-0.39, 0.29) is 11.5 Å². The van der Waals surface area contributed by atoms with Gasteiger partial charge in [-0.2, -0.15) is 0 Å². The summed E-state index contributed by atoms with van der Waals surface area (Å²) in [5, 5.41) is 3.50. The highest BCUT2D eigenvalue weighted by Gasteiger charge is 2.20. The molecule has 0 bridgehead atoms. The number of piperidine rings is 1. The average Bonchev–Trinajstić information content (AvgIpc) is 3.20. The number of aryl methyl sites for hydroxylation is 1. The number of hydrogen-bond acceptors (Lipinski definition) is 5. The minimum atomic E-state index is -0.214. The molecule has 0 aliphatic carbocycles. The van der Waals surface area contributed by atoms with E-state index in [1.807, 2.05) is 49.4 Å². The van der Waals surface area contributed by atoms with E-state index in [0.717, 1.165) is 30.3 Å². The van der Waals surface area contributed by atoms with Crippen molar-refractivity contribution >= 4 is 38.8 Å². The lowest BCUT2D eigenvalue weighted by atomic mass is 9.99. The van der Waals surface area contributed by atoms with E-state index >= 15 is 0 Å². The van der Waals surface area contributed by atoms with Crippen LogP contribution in [-0.2, 0) is 6.54 Å². The van der Waals surface area contributed by atoms with Crippen molar-refractivity contribution in [1.29, 1.82) is 0 Å². The molecule has 34 heavy (non-hydrogen) atoms. The number of hydrogen-bond donors (Lipinski definition) is 1. The number of aromatic nitrogens is 2. The summed E-state index contributed by atoms with van der Waals surface area (Å²) in [5.41, 5.74) is 3.51. The van der Waals surface area contributed by atoms with Gasteiger partial charge in [0.05, 0.1) is 23.1 Å². The largest absolute Gasteiger partial charge is 0.372 e. The Kier molecular flexibility index (Phi) is 6.20. The Bertz CT molecular complexity index is 1370. The van der Waals surface area contributed by atoms with Crippen LogP contribution in [0.4, 0.5) is 11.4 Å². The molecule has 6 nitrogen and oxygen atoms in total. The summed E-state index contributed by atoms with van der Waals surface area (Å²) in [5.74, 6) is 0.574. The van der Waals surface area contributed by atoms with Gasteiger partial charge < -0.3 is 10.2 Å². The van der Waals surface area contributed by atoms with Crippen LogP contribution >= 0.6 is 11.3 Å². The molecule has 1 aliphatic heterocycles. The Morgan fingerprint density at radius 2 is 1.79 bits per heavy atom. The second-order valence-corrected chi connectivity index (χ2v) is 10.1. The summed E-state index contributed by atoms with van der Waals surface area (Å²) < 4.78 is 1.60. The third-order valence-corrected chi connectivity index (χ3v) is 7.79. The van der Waals surface area contributed by atoms with Crippen molar-refractivity contribution in [2.75, 3.05) is 23.3 Å². The van der Waals surface area contributed by atoms with Gasteiger partial charge in [0, 0.05) is 24.5 Å². The molecule has 1 saturated heterocycles. The highest BCUT2D eigenvalue weighted by atomic mass is 32.1. The van der Waals surface area contributed by atoms with Crippen LogP contribution in [0, 0.1) is 12.8 Å². The smallest absolute Gasteiger partial charge is 0.266 e. The molecule has 0 saturated carbocycles. The predicted octanol–water partition coefficient (Wildman–Crippen LogP) is 5.30. The van der Waals surface area contributed by atoms with Gasteiger partial charge in [-0.1, -0.05) is 37.3 Å². The van der Waals surface area contributed by atoms with Gasteiger partial charge in [0.1, 0.15) is 4.83 Å². The van der Waals surface area contributed by atoms with Gasteiger partial charge >= 0.3 is 0 Å². The van der Waals surface area contributed by atoms with Crippen molar-refractivity contribution < 1.29 is 4.79 Å². The SMILES string of the molecule is Cc1c(C(=O)Nc2ccc(N3CCC(C)CC3)cc2)sc2ncn(Cc3ccccc3)c(=O)c12. The fraction of sp³-hybridized carbons (Fsp3) is 0.296. The molecule has 1 fully saturated rings. The minimum Gasteiger partial charge on any atom is -0.372 e. The van der Waals surface area contributed by atoms with E-state index < -0.39 is 0 Å². The Labute approximate surface area is 202 Å². The first-order valence-corrected chi connectivity index (χ1v) is 12.5. The fourth-order valence-corrected chi connectivity index (χ4v) is 5.51. The molecular weight excluding hydrogens is 444 g/mol. The zero-order valence-corrected chi connectivity index (χ0v) is 20.3. The first-order valence-electron chi connectivity index (χ1n) is 11.7. The lowest BCUT2D eigenvalue weighted by molar-refractivity contribution is 0.103. The standard InChI is InChI=1S/C27H28N4O2S/c1-18-12-14-30(15-13-18)22-10-8-21(9-11-22)29-25(32)24-19(2)23-26(34-24)28-17-31(27(23)33)16-20-6-4-3-5-7-20/h3-11,17-18H,12-16H2,1-2H3,(H,29,32). The van der Waals surface area contributed by atoms with Crippen molar-refractivity contribution in [1.82, 2.24) is 9.55 Å². The second kappa shape index (κ2) is 9.43. The monoisotopic (exact) mass is 472 g/mol. The summed E-state index contributed by atoms with van der Waals surface area (Å²) in [6, 6.07) is 17.8. The van der Waals surface area contributed by atoms with Gasteiger partial charge in [-0.3, -0.25) is 14.2 Å². The first-order chi connectivity index (χ1) is 16.5. The highest BCUT2D eigenvalue weighted by Crippen LogP contribution is 2.29. The van der Waals surface area contributed by atoms with Crippen molar-refractivity contribution in [3.05, 3.63) is 87.3 Å². The Morgan fingerprint density at radius 3 is 2.50 bits per heavy atom. The molecule has 0 atom stereocenters. The molecule has 1 aliphatic rings. The minimum absolute atomic E-state index is 0.123. The third-order valence-electron chi connectivity index (χ3n) is 6.59. The maximum absolute atomic E-state index is 13.1. The van der Waals surface area contributed by atoms with Crippen molar-refractivity contribution in [3.63, 3.8) is 0 Å². The Hall–Kier alpha value is -3.45. The quantitative estimate of drug-likeness (QED) is 0.428. The Morgan fingerprint density at radius 1 is 1.09 bits per heavy atom. The number of benzene rings is 2. The van der Waals surface area contributed by atoms with Gasteiger partial charge in [0.15, 0.2) is 0 Å². The lowest BCUT2D eigenvalue weighted by Gasteiger charge is -2.32. The van der Waals surface area contributed by atoms with Crippen LogP contribution in [0.15, 0.2) is 65.7 Å². The lowest BCUT2D eigenvalue weighted by Crippen LogP contribution is -2.32. The molecule has 7 heteroatoms. The molecule has 0 spiro atoms. The second-order valence-electron chi connectivity index (χ2n) is 9.07. The summed E-state index contributed by atoms with van der Waals surface area (Å²) in [7, 11) is 0. The maximum Gasteiger partial charge on any atom is 0.266 e. The maximum atomic E-state index is 13.1. The molecule has 4 aromatic rings. The van der Waals surface area contributed by atoms with Crippen LogP contribution in [0.5, 0.6) is 0 Å². The van der Waals surface area contributed by atoms with E-state index in [1.165, 1.54) is 29.9 Å². The number of amides is 1. The molecule has 2 aromatic heterocycles. The van der Waals surface area contributed by atoms with Crippen molar-refractivity contribution in [2.24, 2.45) is 5.92 Å². The van der Waals surface area contributed by atoms with Gasteiger partial charge in [0.25, 0.3) is 11.5 Å². The molecule has 5 rings (SSSR count). The number of fused-ring (bicyclic) bond motifs is 1. The number of carbonyl (C=O) groups is 1. The first kappa shape index (κ1) is 22.3. The zero-order valence-electron chi connectivity index (χ0n) is 19.5. The van der Waals surface area contributed by atoms with Gasteiger partial charge in [-0.05, 0) is 61.1 Å². The van der Waals surface area contributed by atoms with Crippen LogP contribution in [0.25, 0.3) is 10.2 Å². The number of thiophene rings is 1. The van der Waals surface area contributed by atoms with Crippen LogP contribution in [-0.4, -0.2) is 28.5 Å². The molecule has 0 radical (unpaired) electrons. The Balaban J connectivity index is 1.34. The van der Waals surface area contributed by atoms with Crippen molar-refractivity contribution in [3.8, 4) is 0 Å². The molecule has 1 amide bonds. The summed E-state index contributed by atoms with van der Waals surface area (Å²) in [6.45, 7) is 6.72. The molecule has 174 valence electrons. The van der Waals surface area contributed by atoms with E-state index in [4.69, 9.17) is 0 Å². The third kappa shape index (κ3) is 4.48. The van der Waals surface area contributed by atoms with Gasteiger partial charge in [-0.15, -0.1) is 11.3 Å². The molecule has 1 N–H and O–H groups in total. The average molecular weight is 473 g/mol. The van der Waals surface area contributed by atoms with Crippen molar-refractivity contribution in [2.45, 2.75) is 33.2 Å². The van der Waals surface area contributed by atoms with E-state index in [2.05, 4.69) is 34.3 Å². The highest BCUT2D eigenvalue weighted by molar-refractivity contribution is 7.20. The van der Waals surface area contributed by atoms with Gasteiger partial charge in [-0.25, -0.2) is 4.98 Å². The number of rotatable bonds is 5. The van der Waals surface area contributed by atoms with Crippen LogP contribution in [0.2, 0.25) is 0 Å². The van der Waals surface area contributed by atoms with Crippen LogP contribution < -0.4 is 15.8 Å². The normalized spacial score (nSPS) is 14.5. The van der Waals surface area contributed by atoms with E-state index in [9.17, 15) is 9.59 Å². The fourth-order valence-electron chi connectivity index (χ4n) is 4.48. The predicted molar refractivity (Wildman–Crippen MR) is 139 cm³/mol. The zero-order chi connectivity index (χ0) is 23.7. The van der Waals surface area contributed by atoms with Crippen LogP contribution in [0.1, 0.15) is 40.6 Å². The molecule has 0 unspecified atom stereocenters. The topological polar surface area (TPSA) is 67.2 Å². The molecule has 3 heterocycles.